The number of nitrogens with zero attached hydrogens (tertiary/aromatic N) is 1. The first-order valence-electron chi connectivity index (χ1n) is 11.3. The van der Waals surface area contributed by atoms with E-state index in [0.29, 0.717) is 18.7 Å². The molecule has 0 aromatic heterocycles. The van der Waals surface area contributed by atoms with Gasteiger partial charge in [0.2, 0.25) is 17.7 Å². The number of likely N-dealkylation sites (N-methyl/N-ethyl adjacent to an activating group) is 3. The van der Waals surface area contributed by atoms with Gasteiger partial charge in [-0.2, -0.15) is 0 Å². The third kappa shape index (κ3) is 9.75. The molecule has 1 unspecified atom stereocenters. The van der Waals surface area contributed by atoms with Crippen molar-refractivity contribution in [2.45, 2.75) is 45.4 Å². The van der Waals surface area contributed by atoms with Gasteiger partial charge in [0.15, 0.2) is 0 Å². The first kappa shape index (κ1) is 28.9. The van der Waals surface area contributed by atoms with E-state index < -0.39 is 18.0 Å². The van der Waals surface area contributed by atoms with Gasteiger partial charge in [-0.25, -0.2) is 4.79 Å². The Morgan fingerprint density at radius 2 is 1.71 bits per heavy atom. The maximum atomic E-state index is 12.3. The summed E-state index contributed by atoms with van der Waals surface area (Å²) < 4.78 is 5.25. The summed E-state index contributed by atoms with van der Waals surface area (Å²) in [5.74, 6) is -1.02. The smallest absolute Gasteiger partial charge is 0.410 e. The highest BCUT2D eigenvalue weighted by atomic mass is 16.6. The first-order chi connectivity index (χ1) is 16.1. The van der Waals surface area contributed by atoms with Gasteiger partial charge in [-0.3, -0.25) is 14.4 Å². The van der Waals surface area contributed by atoms with Gasteiger partial charge >= 0.3 is 6.09 Å². The normalized spacial score (nSPS) is 12.4. The zero-order chi connectivity index (χ0) is 25.7. The number of carbonyl (C=O) groups excluding carboxylic acids is 4. The van der Waals surface area contributed by atoms with Crippen molar-refractivity contribution in [3.05, 3.63) is 29.8 Å². The summed E-state index contributed by atoms with van der Waals surface area (Å²) in [5, 5.41) is 10.9. The zero-order valence-electron chi connectivity index (χ0n) is 20.6. The van der Waals surface area contributed by atoms with Crippen molar-refractivity contribution in [2.24, 2.45) is 11.7 Å². The average Bonchev–Trinajstić information content (AvgIpc) is 2.81. The topological polar surface area (TPSA) is 155 Å². The van der Waals surface area contributed by atoms with E-state index in [-0.39, 0.29) is 36.9 Å². The van der Waals surface area contributed by atoms with Crippen LogP contribution in [-0.2, 0) is 25.7 Å². The quantitative estimate of drug-likeness (QED) is 0.275. The lowest BCUT2D eigenvalue weighted by Gasteiger charge is -2.22. The molecule has 0 bridgehead atoms. The van der Waals surface area contributed by atoms with E-state index in [0.717, 1.165) is 16.9 Å². The molecule has 0 aliphatic carbocycles. The number of carbonyl (C=O) groups is 4. The molecule has 0 aliphatic rings. The van der Waals surface area contributed by atoms with E-state index >= 15 is 0 Å². The Morgan fingerprint density at radius 3 is 2.24 bits per heavy atom. The molecule has 0 spiro atoms. The SMILES string of the molecule is CNC(=O)C(NC(=O)CN(C)C(=O)OCc1ccc(NC(=O)[C@H](CCCN)NC)cc1)C(C)C. The fourth-order valence-electron chi connectivity index (χ4n) is 3.09. The molecule has 34 heavy (non-hydrogen) atoms. The summed E-state index contributed by atoms with van der Waals surface area (Å²) in [6.45, 7) is 3.90. The van der Waals surface area contributed by atoms with E-state index in [9.17, 15) is 19.2 Å². The van der Waals surface area contributed by atoms with Crippen molar-refractivity contribution >= 4 is 29.5 Å². The number of amides is 4. The average molecular weight is 479 g/mol. The van der Waals surface area contributed by atoms with Crippen LogP contribution in [0.4, 0.5) is 10.5 Å². The molecule has 0 fully saturated rings. The van der Waals surface area contributed by atoms with Crippen LogP contribution in [0.2, 0.25) is 0 Å². The standard InChI is InChI=1S/C23H38N6O5/c1-15(2)20(22(32)26-4)28-19(30)13-29(5)23(33)34-14-16-8-10-17(11-9-16)27-21(31)18(25-3)7-6-12-24/h8-11,15,18,20,25H,6-7,12-14,24H2,1-5H3,(H,26,32)(H,27,31)(H,28,30)/t18-,20?/m0/s1. The van der Waals surface area contributed by atoms with Crippen LogP contribution >= 0.6 is 0 Å². The van der Waals surface area contributed by atoms with Gasteiger partial charge in [-0.1, -0.05) is 26.0 Å². The second-order valence-corrected chi connectivity index (χ2v) is 8.27. The molecular weight excluding hydrogens is 440 g/mol. The summed E-state index contributed by atoms with van der Waals surface area (Å²) in [7, 11) is 4.66. The third-order valence-electron chi connectivity index (χ3n) is 5.15. The van der Waals surface area contributed by atoms with E-state index in [4.69, 9.17) is 10.5 Å². The number of nitrogens with one attached hydrogen (secondary N) is 4. The second-order valence-electron chi connectivity index (χ2n) is 8.27. The van der Waals surface area contributed by atoms with E-state index in [1.54, 1.807) is 31.3 Å². The van der Waals surface area contributed by atoms with Crippen LogP contribution in [-0.4, -0.2) is 75.0 Å². The van der Waals surface area contributed by atoms with Crippen LogP contribution in [0, 0.1) is 5.92 Å². The molecule has 0 saturated heterocycles. The molecule has 0 aliphatic heterocycles. The Balaban J connectivity index is 2.53. The fourth-order valence-corrected chi connectivity index (χ4v) is 3.09. The monoisotopic (exact) mass is 478 g/mol. The molecule has 1 aromatic rings. The van der Waals surface area contributed by atoms with Gasteiger partial charge in [0, 0.05) is 19.8 Å². The van der Waals surface area contributed by atoms with Crippen LogP contribution in [0.3, 0.4) is 0 Å². The predicted molar refractivity (Wildman–Crippen MR) is 130 cm³/mol. The zero-order valence-corrected chi connectivity index (χ0v) is 20.6. The lowest BCUT2D eigenvalue weighted by molar-refractivity contribution is -0.130. The number of anilines is 1. The molecule has 11 nitrogen and oxygen atoms in total. The molecule has 190 valence electrons. The van der Waals surface area contributed by atoms with Crippen molar-refractivity contribution in [1.29, 1.82) is 0 Å². The summed E-state index contributed by atoms with van der Waals surface area (Å²) in [5.41, 5.74) is 6.85. The maximum Gasteiger partial charge on any atom is 0.410 e. The number of hydrogen-bond donors (Lipinski definition) is 5. The summed E-state index contributed by atoms with van der Waals surface area (Å²) in [4.78, 5) is 49.8. The van der Waals surface area contributed by atoms with Crippen LogP contribution < -0.4 is 27.0 Å². The number of nitrogens with two attached hydrogens (primary N) is 1. The van der Waals surface area contributed by atoms with Crippen molar-refractivity contribution in [1.82, 2.24) is 20.9 Å². The van der Waals surface area contributed by atoms with Crippen molar-refractivity contribution < 1.29 is 23.9 Å². The van der Waals surface area contributed by atoms with Gasteiger partial charge in [-0.05, 0) is 50.0 Å². The van der Waals surface area contributed by atoms with Gasteiger partial charge in [0.05, 0.1) is 6.04 Å². The van der Waals surface area contributed by atoms with Crippen molar-refractivity contribution in [3.8, 4) is 0 Å². The lowest BCUT2D eigenvalue weighted by atomic mass is 10.0. The highest BCUT2D eigenvalue weighted by molar-refractivity contribution is 5.94. The second kappa shape index (κ2) is 14.9. The van der Waals surface area contributed by atoms with Gasteiger partial charge in [-0.15, -0.1) is 0 Å². The minimum atomic E-state index is -0.690. The summed E-state index contributed by atoms with van der Waals surface area (Å²) in [6, 6.07) is 5.90. The maximum absolute atomic E-state index is 12.3. The molecule has 1 aromatic carbocycles. The van der Waals surface area contributed by atoms with Gasteiger partial charge < -0.3 is 36.6 Å². The minimum Gasteiger partial charge on any atom is -0.445 e. The number of benzene rings is 1. The van der Waals surface area contributed by atoms with E-state index in [1.807, 2.05) is 13.8 Å². The van der Waals surface area contributed by atoms with Crippen molar-refractivity contribution in [3.63, 3.8) is 0 Å². The Hall–Kier alpha value is -3.18. The third-order valence-corrected chi connectivity index (χ3v) is 5.15. The van der Waals surface area contributed by atoms with Gasteiger partial charge in [0.1, 0.15) is 19.2 Å². The highest BCUT2D eigenvalue weighted by Crippen LogP contribution is 2.12. The Bertz CT molecular complexity index is 815. The summed E-state index contributed by atoms with van der Waals surface area (Å²) >= 11 is 0. The molecule has 2 atom stereocenters. The molecule has 0 saturated carbocycles. The molecule has 11 heteroatoms. The fraction of sp³-hybridized carbons (Fsp3) is 0.565. The number of rotatable bonds is 13. The molecule has 6 N–H and O–H groups in total. The number of ether oxygens (including phenoxy) is 1. The van der Waals surface area contributed by atoms with Crippen LogP contribution in [0.25, 0.3) is 0 Å². The Morgan fingerprint density at radius 1 is 1.06 bits per heavy atom. The lowest BCUT2D eigenvalue weighted by Crippen LogP contribution is -2.51. The first-order valence-corrected chi connectivity index (χ1v) is 11.3. The van der Waals surface area contributed by atoms with Gasteiger partial charge in [0.25, 0.3) is 0 Å². The van der Waals surface area contributed by atoms with Crippen LogP contribution in [0.1, 0.15) is 32.3 Å². The van der Waals surface area contributed by atoms with E-state index in [1.165, 1.54) is 14.1 Å². The largest absolute Gasteiger partial charge is 0.445 e. The number of hydrogen-bond acceptors (Lipinski definition) is 7. The highest BCUT2D eigenvalue weighted by Gasteiger charge is 2.24. The Kier molecular flexibility index (Phi) is 12.6. The summed E-state index contributed by atoms with van der Waals surface area (Å²) in [6.07, 6.45) is 0.707. The molecule has 1 rings (SSSR count). The predicted octanol–water partition coefficient (Wildman–Crippen LogP) is 0.407. The Labute approximate surface area is 201 Å². The van der Waals surface area contributed by atoms with E-state index in [2.05, 4.69) is 21.3 Å². The molecular formula is C23H38N6O5. The molecule has 0 radical (unpaired) electrons. The molecule has 4 amide bonds. The molecule has 0 heterocycles. The van der Waals surface area contributed by atoms with Crippen LogP contribution in [0.15, 0.2) is 24.3 Å². The van der Waals surface area contributed by atoms with Crippen LogP contribution in [0.5, 0.6) is 0 Å². The minimum absolute atomic E-state index is 0.00151. The van der Waals surface area contributed by atoms with Crippen molar-refractivity contribution in [2.75, 3.05) is 39.5 Å².